The van der Waals surface area contributed by atoms with E-state index in [-0.39, 0.29) is 10.6 Å². The maximum absolute atomic E-state index is 11.1. The van der Waals surface area contributed by atoms with E-state index < -0.39 is 5.97 Å². The average molecular weight is 304 g/mol. The molecule has 0 amide bonds. The first-order valence-electron chi connectivity index (χ1n) is 6.63. The van der Waals surface area contributed by atoms with Gasteiger partial charge in [0, 0.05) is 6.54 Å². The number of hydrogen-bond acceptors (Lipinski definition) is 3. The standard InChI is InChI=1S/C16H14ClNO3/c17-13-6-5-11(9-12(13)16(19)20)10-18-7-8-21-15-4-2-1-3-14(15)18/h1-6,9H,7-8,10H2,(H,19,20). The third-order valence-corrected chi connectivity index (χ3v) is 3.79. The lowest BCUT2D eigenvalue weighted by molar-refractivity contribution is 0.0697. The van der Waals surface area contributed by atoms with Gasteiger partial charge in [0.25, 0.3) is 0 Å². The molecule has 3 rings (SSSR count). The maximum atomic E-state index is 11.1. The van der Waals surface area contributed by atoms with E-state index >= 15 is 0 Å². The van der Waals surface area contributed by atoms with Gasteiger partial charge in [-0.25, -0.2) is 4.79 Å². The molecule has 0 saturated carbocycles. The van der Waals surface area contributed by atoms with E-state index in [1.54, 1.807) is 12.1 Å². The molecule has 5 heteroatoms. The minimum Gasteiger partial charge on any atom is -0.490 e. The zero-order valence-corrected chi connectivity index (χ0v) is 12.0. The molecule has 0 atom stereocenters. The van der Waals surface area contributed by atoms with Crippen LogP contribution in [0.1, 0.15) is 15.9 Å². The van der Waals surface area contributed by atoms with Crippen LogP contribution in [0.25, 0.3) is 0 Å². The first kappa shape index (κ1) is 13.8. The summed E-state index contributed by atoms with van der Waals surface area (Å²) in [5.41, 5.74) is 2.07. The molecule has 0 spiro atoms. The Balaban J connectivity index is 1.88. The van der Waals surface area contributed by atoms with Crippen LogP contribution in [-0.2, 0) is 6.54 Å². The summed E-state index contributed by atoms with van der Waals surface area (Å²) in [4.78, 5) is 13.3. The Bertz CT molecular complexity index is 687. The maximum Gasteiger partial charge on any atom is 0.337 e. The van der Waals surface area contributed by atoms with Gasteiger partial charge < -0.3 is 14.7 Å². The lowest BCUT2D eigenvalue weighted by Gasteiger charge is -2.31. The van der Waals surface area contributed by atoms with Crippen LogP contribution in [0.15, 0.2) is 42.5 Å². The lowest BCUT2D eigenvalue weighted by Crippen LogP contribution is -2.32. The molecule has 4 nitrogen and oxygen atoms in total. The first-order chi connectivity index (χ1) is 10.1. The molecule has 0 bridgehead atoms. The Hall–Kier alpha value is -2.20. The number of rotatable bonds is 3. The topological polar surface area (TPSA) is 49.8 Å². The van der Waals surface area contributed by atoms with E-state index in [4.69, 9.17) is 21.4 Å². The van der Waals surface area contributed by atoms with E-state index in [1.807, 2.05) is 30.3 Å². The molecular weight excluding hydrogens is 290 g/mol. The Morgan fingerprint density at radius 3 is 2.90 bits per heavy atom. The summed E-state index contributed by atoms with van der Waals surface area (Å²) in [5.74, 6) is -0.152. The average Bonchev–Trinajstić information content (AvgIpc) is 2.49. The molecule has 2 aromatic rings. The van der Waals surface area contributed by atoms with E-state index in [2.05, 4.69) is 4.90 Å². The van der Waals surface area contributed by atoms with Crippen molar-refractivity contribution in [1.82, 2.24) is 0 Å². The van der Waals surface area contributed by atoms with Crippen molar-refractivity contribution in [1.29, 1.82) is 0 Å². The van der Waals surface area contributed by atoms with Crippen molar-refractivity contribution in [3.05, 3.63) is 58.6 Å². The van der Waals surface area contributed by atoms with Gasteiger partial charge in [0.1, 0.15) is 12.4 Å². The zero-order valence-electron chi connectivity index (χ0n) is 11.3. The second-order valence-corrected chi connectivity index (χ2v) is 5.26. The number of ether oxygens (including phenoxy) is 1. The van der Waals surface area contributed by atoms with Crippen molar-refractivity contribution < 1.29 is 14.6 Å². The summed E-state index contributed by atoms with van der Waals surface area (Å²) in [5, 5.41) is 9.39. The van der Waals surface area contributed by atoms with Gasteiger partial charge in [-0.1, -0.05) is 29.8 Å². The molecule has 0 aliphatic carbocycles. The van der Waals surface area contributed by atoms with Crippen molar-refractivity contribution in [3.63, 3.8) is 0 Å². The van der Waals surface area contributed by atoms with Gasteiger partial charge in [-0.3, -0.25) is 0 Å². The van der Waals surface area contributed by atoms with Crippen molar-refractivity contribution in [3.8, 4) is 5.75 Å². The second-order valence-electron chi connectivity index (χ2n) is 4.86. The largest absolute Gasteiger partial charge is 0.490 e. The summed E-state index contributed by atoms with van der Waals surface area (Å²) in [6, 6.07) is 13.0. The number of carbonyl (C=O) groups is 1. The van der Waals surface area contributed by atoms with E-state index in [9.17, 15) is 4.79 Å². The zero-order chi connectivity index (χ0) is 14.8. The molecule has 1 heterocycles. The fraction of sp³-hybridized carbons (Fsp3) is 0.188. The van der Waals surface area contributed by atoms with Crippen LogP contribution in [0.4, 0.5) is 5.69 Å². The van der Waals surface area contributed by atoms with Crippen molar-refractivity contribution in [2.75, 3.05) is 18.1 Å². The highest BCUT2D eigenvalue weighted by atomic mass is 35.5. The van der Waals surface area contributed by atoms with Gasteiger partial charge in [-0.15, -0.1) is 0 Å². The van der Waals surface area contributed by atoms with E-state index in [1.165, 1.54) is 0 Å². The number of carboxylic acids is 1. The van der Waals surface area contributed by atoms with Crippen LogP contribution < -0.4 is 9.64 Å². The fourth-order valence-electron chi connectivity index (χ4n) is 2.45. The highest BCUT2D eigenvalue weighted by Gasteiger charge is 2.18. The van der Waals surface area contributed by atoms with Gasteiger partial charge >= 0.3 is 5.97 Å². The van der Waals surface area contributed by atoms with Gasteiger partial charge in [0.05, 0.1) is 22.8 Å². The minimum atomic E-state index is -1.01. The third-order valence-electron chi connectivity index (χ3n) is 3.46. The molecule has 21 heavy (non-hydrogen) atoms. The molecule has 2 aromatic carbocycles. The number of nitrogens with zero attached hydrogens (tertiary/aromatic N) is 1. The summed E-state index contributed by atoms with van der Waals surface area (Å²) in [6.45, 7) is 2.01. The monoisotopic (exact) mass is 303 g/mol. The minimum absolute atomic E-state index is 0.135. The van der Waals surface area contributed by atoms with E-state index in [0.717, 1.165) is 23.5 Å². The fourth-order valence-corrected chi connectivity index (χ4v) is 2.64. The summed E-state index contributed by atoms with van der Waals surface area (Å²) in [6.07, 6.45) is 0. The van der Waals surface area contributed by atoms with Gasteiger partial charge in [0.2, 0.25) is 0 Å². The number of benzene rings is 2. The van der Waals surface area contributed by atoms with Crippen LogP contribution >= 0.6 is 11.6 Å². The SMILES string of the molecule is O=C(O)c1cc(CN2CCOc3ccccc32)ccc1Cl. The van der Waals surface area contributed by atoms with Gasteiger partial charge in [0.15, 0.2) is 0 Å². The van der Waals surface area contributed by atoms with Crippen LogP contribution in [-0.4, -0.2) is 24.2 Å². The molecule has 1 aliphatic rings. The summed E-state index contributed by atoms with van der Waals surface area (Å²) >= 11 is 5.90. The number of anilines is 1. The number of hydrogen-bond donors (Lipinski definition) is 1. The molecule has 0 aromatic heterocycles. The Morgan fingerprint density at radius 2 is 2.10 bits per heavy atom. The summed E-state index contributed by atoms with van der Waals surface area (Å²) < 4.78 is 5.62. The number of aromatic carboxylic acids is 1. The van der Waals surface area contributed by atoms with Crippen LogP contribution in [0, 0.1) is 0 Å². The first-order valence-corrected chi connectivity index (χ1v) is 7.01. The Kier molecular flexibility index (Phi) is 3.71. The smallest absolute Gasteiger partial charge is 0.337 e. The van der Waals surface area contributed by atoms with Crippen molar-refractivity contribution >= 4 is 23.3 Å². The predicted molar refractivity (Wildman–Crippen MR) is 81.4 cm³/mol. The molecule has 0 radical (unpaired) electrons. The molecule has 1 N–H and O–H groups in total. The highest BCUT2D eigenvalue weighted by molar-refractivity contribution is 6.33. The normalized spacial score (nSPS) is 13.5. The van der Waals surface area contributed by atoms with Crippen molar-refractivity contribution in [2.45, 2.75) is 6.54 Å². The molecule has 0 unspecified atom stereocenters. The highest BCUT2D eigenvalue weighted by Crippen LogP contribution is 2.32. The number of carboxylic acid groups (broad SMARTS) is 1. The van der Waals surface area contributed by atoms with Crippen LogP contribution in [0.2, 0.25) is 5.02 Å². The second kappa shape index (κ2) is 5.66. The predicted octanol–water partition coefficient (Wildman–Crippen LogP) is 3.44. The quantitative estimate of drug-likeness (QED) is 0.943. The number of fused-ring (bicyclic) bond motifs is 1. The van der Waals surface area contributed by atoms with Gasteiger partial charge in [-0.05, 0) is 29.8 Å². The Morgan fingerprint density at radius 1 is 1.29 bits per heavy atom. The molecule has 1 aliphatic heterocycles. The summed E-state index contributed by atoms with van der Waals surface area (Å²) in [7, 11) is 0. The van der Waals surface area contributed by atoms with Crippen LogP contribution in [0.5, 0.6) is 5.75 Å². The molecule has 108 valence electrons. The van der Waals surface area contributed by atoms with Crippen LogP contribution in [0.3, 0.4) is 0 Å². The van der Waals surface area contributed by atoms with E-state index in [0.29, 0.717) is 13.2 Å². The number of halogens is 1. The molecule has 0 fully saturated rings. The molecule has 0 saturated heterocycles. The Labute approximate surface area is 127 Å². The third kappa shape index (κ3) is 2.81. The van der Waals surface area contributed by atoms with Crippen molar-refractivity contribution in [2.24, 2.45) is 0 Å². The number of para-hydroxylation sites is 2. The van der Waals surface area contributed by atoms with Gasteiger partial charge in [-0.2, -0.15) is 0 Å². The molecular formula is C16H14ClNO3. The lowest BCUT2D eigenvalue weighted by atomic mass is 10.1.